The van der Waals surface area contributed by atoms with E-state index in [0.29, 0.717) is 18.9 Å². The van der Waals surface area contributed by atoms with Crippen molar-refractivity contribution in [3.8, 4) is 0 Å². The monoisotopic (exact) mass is 210 g/mol. The van der Waals surface area contributed by atoms with Gasteiger partial charge in [0.15, 0.2) is 5.89 Å². The minimum Gasteiger partial charge on any atom is -0.445 e. The first-order chi connectivity index (χ1) is 6.89. The molecule has 4 heteroatoms. The van der Waals surface area contributed by atoms with E-state index in [1.807, 2.05) is 0 Å². The second-order valence-electron chi connectivity index (χ2n) is 4.60. The first-order valence-electron chi connectivity index (χ1n) is 5.09. The van der Waals surface area contributed by atoms with E-state index in [9.17, 15) is 4.79 Å². The molecule has 0 aliphatic carbocycles. The quantitative estimate of drug-likeness (QED) is 0.825. The molecule has 0 saturated heterocycles. The highest BCUT2D eigenvalue weighted by Gasteiger charge is 2.18. The summed E-state index contributed by atoms with van der Waals surface area (Å²) in [4.78, 5) is 14.8. The SMILES string of the molecule is CC(=O)NCCc1ncc(C(C)(C)C)o1. The van der Waals surface area contributed by atoms with Gasteiger partial charge in [-0.1, -0.05) is 20.8 Å². The zero-order valence-electron chi connectivity index (χ0n) is 9.76. The van der Waals surface area contributed by atoms with Gasteiger partial charge in [-0.25, -0.2) is 4.98 Å². The third-order valence-corrected chi connectivity index (χ3v) is 2.01. The van der Waals surface area contributed by atoms with Gasteiger partial charge in [0, 0.05) is 25.3 Å². The molecule has 4 nitrogen and oxygen atoms in total. The Labute approximate surface area is 90.1 Å². The number of hydrogen-bond donors (Lipinski definition) is 1. The van der Waals surface area contributed by atoms with Crippen LogP contribution in [0.15, 0.2) is 10.6 Å². The molecule has 0 atom stereocenters. The maximum Gasteiger partial charge on any atom is 0.216 e. The third-order valence-electron chi connectivity index (χ3n) is 2.01. The molecule has 0 radical (unpaired) electrons. The fourth-order valence-electron chi connectivity index (χ4n) is 1.12. The highest BCUT2D eigenvalue weighted by Crippen LogP contribution is 2.22. The van der Waals surface area contributed by atoms with E-state index in [1.165, 1.54) is 6.92 Å². The number of amides is 1. The lowest BCUT2D eigenvalue weighted by Gasteiger charge is -2.13. The summed E-state index contributed by atoms with van der Waals surface area (Å²) in [5.74, 6) is 1.52. The van der Waals surface area contributed by atoms with Crippen LogP contribution in [0.3, 0.4) is 0 Å². The van der Waals surface area contributed by atoms with Crippen molar-refractivity contribution in [2.24, 2.45) is 0 Å². The van der Waals surface area contributed by atoms with E-state index in [1.54, 1.807) is 6.20 Å². The molecule has 0 spiro atoms. The fourth-order valence-corrected chi connectivity index (χ4v) is 1.12. The summed E-state index contributed by atoms with van der Waals surface area (Å²) in [5.41, 5.74) is -0.0146. The molecule has 1 amide bonds. The van der Waals surface area contributed by atoms with Crippen LogP contribution < -0.4 is 5.32 Å². The maximum atomic E-state index is 10.6. The average Bonchev–Trinajstić information content (AvgIpc) is 2.51. The summed E-state index contributed by atoms with van der Waals surface area (Å²) in [6.45, 7) is 8.29. The molecule has 1 heterocycles. The lowest BCUT2D eigenvalue weighted by molar-refractivity contribution is -0.118. The van der Waals surface area contributed by atoms with Gasteiger partial charge in [-0.05, 0) is 0 Å². The van der Waals surface area contributed by atoms with Gasteiger partial charge in [-0.15, -0.1) is 0 Å². The highest BCUT2D eigenvalue weighted by molar-refractivity contribution is 5.72. The lowest BCUT2D eigenvalue weighted by atomic mass is 9.94. The van der Waals surface area contributed by atoms with E-state index < -0.39 is 0 Å². The van der Waals surface area contributed by atoms with E-state index >= 15 is 0 Å². The van der Waals surface area contributed by atoms with Crippen LogP contribution >= 0.6 is 0 Å². The summed E-state index contributed by atoms with van der Waals surface area (Å²) < 4.78 is 5.57. The van der Waals surface area contributed by atoms with Gasteiger partial charge in [0.05, 0.1) is 6.20 Å². The molecule has 0 saturated carbocycles. The van der Waals surface area contributed by atoms with Crippen LogP contribution in [0.1, 0.15) is 39.3 Å². The molecule has 0 aliphatic rings. The molecule has 15 heavy (non-hydrogen) atoms. The van der Waals surface area contributed by atoms with Crippen LogP contribution in [0, 0.1) is 0 Å². The number of carbonyl (C=O) groups is 1. The maximum absolute atomic E-state index is 10.6. The van der Waals surface area contributed by atoms with Crippen LogP contribution in [-0.4, -0.2) is 17.4 Å². The number of oxazole rings is 1. The summed E-state index contributed by atoms with van der Waals surface area (Å²) in [7, 11) is 0. The predicted octanol–water partition coefficient (Wildman–Crippen LogP) is 1.65. The minimum absolute atomic E-state index is 0.0146. The summed E-state index contributed by atoms with van der Waals surface area (Å²) >= 11 is 0. The molecule has 1 rings (SSSR count). The molecular formula is C11H18N2O2. The van der Waals surface area contributed by atoms with Gasteiger partial charge in [0.25, 0.3) is 0 Å². The zero-order chi connectivity index (χ0) is 11.5. The minimum atomic E-state index is -0.0300. The van der Waals surface area contributed by atoms with Crippen molar-refractivity contribution in [2.75, 3.05) is 6.54 Å². The van der Waals surface area contributed by atoms with Crippen LogP contribution in [0.5, 0.6) is 0 Å². The van der Waals surface area contributed by atoms with Gasteiger partial charge in [-0.2, -0.15) is 0 Å². The summed E-state index contributed by atoms with van der Waals surface area (Å²) in [6, 6.07) is 0. The average molecular weight is 210 g/mol. The van der Waals surface area contributed by atoms with Crippen molar-refractivity contribution < 1.29 is 9.21 Å². The van der Waals surface area contributed by atoms with E-state index in [-0.39, 0.29) is 11.3 Å². The Kier molecular flexibility index (Phi) is 3.50. The molecule has 0 aromatic carbocycles. The Hall–Kier alpha value is -1.32. The normalized spacial score (nSPS) is 11.5. The predicted molar refractivity (Wildman–Crippen MR) is 57.6 cm³/mol. The molecular weight excluding hydrogens is 192 g/mol. The second kappa shape index (κ2) is 4.47. The van der Waals surface area contributed by atoms with E-state index in [2.05, 4.69) is 31.1 Å². The van der Waals surface area contributed by atoms with Crippen LogP contribution in [-0.2, 0) is 16.6 Å². The number of hydrogen-bond acceptors (Lipinski definition) is 3. The van der Waals surface area contributed by atoms with Crippen molar-refractivity contribution in [2.45, 2.75) is 39.5 Å². The smallest absolute Gasteiger partial charge is 0.216 e. The molecule has 0 bridgehead atoms. The fraction of sp³-hybridized carbons (Fsp3) is 0.636. The van der Waals surface area contributed by atoms with Gasteiger partial charge >= 0.3 is 0 Å². The van der Waals surface area contributed by atoms with Gasteiger partial charge in [0.1, 0.15) is 5.76 Å². The molecule has 1 N–H and O–H groups in total. The number of nitrogens with zero attached hydrogens (tertiary/aromatic N) is 1. The van der Waals surface area contributed by atoms with Crippen molar-refractivity contribution >= 4 is 5.91 Å². The Morgan fingerprint density at radius 1 is 1.53 bits per heavy atom. The molecule has 1 aromatic rings. The van der Waals surface area contributed by atoms with Gasteiger partial charge in [-0.3, -0.25) is 4.79 Å². The molecule has 1 aromatic heterocycles. The number of carbonyl (C=O) groups excluding carboxylic acids is 1. The van der Waals surface area contributed by atoms with Crippen LogP contribution in [0.2, 0.25) is 0 Å². The Morgan fingerprint density at radius 2 is 2.20 bits per heavy atom. The molecule has 0 aliphatic heterocycles. The molecule has 0 fully saturated rings. The molecule has 0 unspecified atom stereocenters. The lowest BCUT2D eigenvalue weighted by Crippen LogP contribution is -2.22. The second-order valence-corrected chi connectivity index (χ2v) is 4.60. The summed E-state index contributed by atoms with van der Waals surface area (Å²) in [6.07, 6.45) is 2.39. The van der Waals surface area contributed by atoms with Crippen molar-refractivity contribution in [3.05, 3.63) is 17.8 Å². The first kappa shape index (κ1) is 11.8. The Bertz CT molecular complexity index is 337. The Balaban J connectivity index is 2.50. The highest BCUT2D eigenvalue weighted by atomic mass is 16.4. The van der Waals surface area contributed by atoms with Crippen molar-refractivity contribution in [1.82, 2.24) is 10.3 Å². The van der Waals surface area contributed by atoms with Gasteiger partial charge in [0.2, 0.25) is 5.91 Å². The zero-order valence-corrected chi connectivity index (χ0v) is 9.76. The number of nitrogens with one attached hydrogen (secondary N) is 1. The standard InChI is InChI=1S/C11H18N2O2/c1-8(14)12-6-5-10-13-7-9(15-10)11(2,3)4/h7H,5-6H2,1-4H3,(H,12,14). The van der Waals surface area contributed by atoms with Crippen molar-refractivity contribution in [1.29, 1.82) is 0 Å². The largest absolute Gasteiger partial charge is 0.445 e. The Morgan fingerprint density at radius 3 is 2.67 bits per heavy atom. The van der Waals surface area contributed by atoms with Crippen LogP contribution in [0.4, 0.5) is 0 Å². The van der Waals surface area contributed by atoms with Crippen LogP contribution in [0.25, 0.3) is 0 Å². The molecule has 84 valence electrons. The van der Waals surface area contributed by atoms with Gasteiger partial charge < -0.3 is 9.73 Å². The first-order valence-corrected chi connectivity index (χ1v) is 5.09. The number of rotatable bonds is 3. The third kappa shape index (κ3) is 3.73. The van der Waals surface area contributed by atoms with E-state index in [0.717, 1.165) is 5.76 Å². The topological polar surface area (TPSA) is 55.1 Å². The van der Waals surface area contributed by atoms with E-state index in [4.69, 9.17) is 4.42 Å². The van der Waals surface area contributed by atoms with Crippen molar-refractivity contribution in [3.63, 3.8) is 0 Å². The summed E-state index contributed by atoms with van der Waals surface area (Å²) in [5, 5.41) is 2.70. The number of aromatic nitrogens is 1.